The summed E-state index contributed by atoms with van der Waals surface area (Å²) in [5.74, 6) is 3.36. The molecule has 0 amide bonds. The first-order valence-electron chi connectivity index (χ1n) is 8.72. The lowest BCUT2D eigenvalue weighted by Gasteiger charge is -2.14. The minimum Gasteiger partial charge on any atom is -0.497 e. The highest BCUT2D eigenvalue weighted by Crippen LogP contribution is 2.19. The molecule has 0 aliphatic rings. The minimum absolute atomic E-state index is 0. The number of ether oxygens (including phenoxy) is 1. The quantitative estimate of drug-likeness (QED) is 0.256. The number of H-pyrrole nitrogens is 1. The lowest BCUT2D eigenvalue weighted by molar-refractivity contribution is 0.415. The largest absolute Gasteiger partial charge is 0.497 e. The van der Waals surface area contributed by atoms with Gasteiger partial charge in [-0.2, -0.15) is 16.4 Å². The van der Waals surface area contributed by atoms with E-state index in [1.807, 2.05) is 24.3 Å². The van der Waals surface area contributed by atoms with Crippen LogP contribution in [0.4, 0.5) is 0 Å². The molecular weight excluding hydrogens is 487 g/mol. The molecule has 7 nitrogen and oxygen atoms in total. The molecule has 1 atom stereocenters. The van der Waals surface area contributed by atoms with Gasteiger partial charge in [-0.3, -0.25) is 10.1 Å². The van der Waals surface area contributed by atoms with Gasteiger partial charge in [-0.05, 0) is 52.6 Å². The molecule has 0 spiro atoms. The van der Waals surface area contributed by atoms with Gasteiger partial charge in [0.15, 0.2) is 11.8 Å². The molecule has 3 rings (SSSR count). The molecule has 9 heteroatoms. The average Bonchev–Trinajstić information content (AvgIpc) is 3.40. The van der Waals surface area contributed by atoms with Crippen molar-refractivity contribution in [3.8, 4) is 17.1 Å². The molecule has 1 aromatic carbocycles. The number of hydrogen-bond acceptors (Lipinski definition) is 5. The smallest absolute Gasteiger partial charge is 0.191 e. The highest BCUT2D eigenvalue weighted by Gasteiger charge is 2.09. The Hall–Kier alpha value is -2.14. The highest BCUT2D eigenvalue weighted by molar-refractivity contribution is 14.0. The van der Waals surface area contributed by atoms with Crippen LogP contribution in [0.5, 0.6) is 5.75 Å². The Kier molecular flexibility index (Phi) is 8.71. The van der Waals surface area contributed by atoms with Crippen LogP contribution in [0.1, 0.15) is 24.2 Å². The standard InChI is InChI=1S/C19H24N6OS.HI/c1-13(15-8-9-27-12-15)10-21-19(20-2)22-11-17-23-18(25-24-17)14-4-6-16(26-3)7-5-14;/h4-9,12-13H,10-11H2,1-3H3,(H2,20,21,22)(H,23,24,25);1H. The fourth-order valence-corrected chi connectivity index (χ4v) is 3.34. The number of guanidine groups is 1. The first-order chi connectivity index (χ1) is 13.2. The second kappa shape index (κ2) is 11.0. The van der Waals surface area contributed by atoms with Crippen LogP contribution in [0.3, 0.4) is 0 Å². The van der Waals surface area contributed by atoms with Crippen molar-refractivity contribution in [2.24, 2.45) is 4.99 Å². The fourth-order valence-electron chi connectivity index (χ4n) is 2.55. The van der Waals surface area contributed by atoms with Gasteiger partial charge in [0.25, 0.3) is 0 Å². The summed E-state index contributed by atoms with van der Waals surface area (Å²) in [6.07, 6.45) is 0. The number of aromatic amines is 1. The molecule has 0 bridgehead atoms. The van der Waals surface area contributed by atoms with Gasteiger partial charge in [0.2, 0.25) is 0 Å². The van der Waals surface area contributed by atoms with E-state index in [-0.39, 0.29) is 24.0 Å². The topological polar surface area (TPSA) is 87.2 Å². The third-order valence-corrected chi connectivity index (χ3v) is 4.92. The third-order valence-electron chi connectivity index (χ3n) is 4.21. The van der Waals surface area contributed by atoms with Gasteiger partial charge in [-0.15, -0.1) is 24.0 Å². The molecule has 1 unspecified atom stereocenters. The third kappa shape index (κ3) is 5.93. The van der Waals surface area contributed by atoms with E-state index >= 15 is 0 Å². The number of benzene rings is 1. The second-order valence-corrected chi connectivity index (χ2v) is 6.88. The van der Waals surface area contributed by atoms with Crippen LogP contribution in [0.2, 0.25) is 0 Å². The van der Waals surface area contributed by atoms with E-state index in [4.69, 9.17) is 4.74 Å². The monoisotopic (exact) mass is 512 g/mol. The van der Waals surface area contributed by atoms with Crippen molar-refractivity contribution in [2.75, 3.05) is 20.7 Å². The Balaban J connectivity index is 0.00000280. The second-order valence-electron chi connectivity index (χ2n) is 6.10. The SMILES string of the molecule is CN=C(NCc1nc(-c2ccc(OC)cc2)n[nH]1)NCC(C)c1ccsc1.I. The Morgan fingerprint density at radius 2 is 2.04 bits per heavy atom. The number of halogens is 1. The predicted molar refractivity (Wildman–Crippen MR) is 125 cm³/mol. The lowest BCUT2D eigenvalue weighted by Crippen LogP contribution is -2.38. The number of methoxy groups -OCH3 is 1. The maximum Gasteiger partial charge on any atom is 0.191 e. The van der Waals surface area contributed by atoms with Crippen LogP contribution in [0.25, 0.3) is 11.4 Å². The van der Waals surface area contributed by atoms with Crippen molar-refractivity contribution in [1.29, 1.82) is 0 Å². The van der Waals surface area contributed by atoms with Crippen LogP contribution in [0, 0.1) is 0 Å². The molecule has 28 heavy (non-hydrogen) atoms. The number of nitrogens with zero attached hydrogens (tertiary/aromatic N) is 3. The minimum atomic E-state index is 0. The van der Waals surface area contributed by atoms with Gasteiger partial charge in [0.1, 0.15) is 11.6 Å². The van der Waals surface area contributed by atoms with E-state index in [1.165, 1.54) is 5.56 Å². The molecular formula is C19H25IN6OS. The first-order valence-corrected chi connectivity index (χ1v) is 9.66. The van der Waals surface area contributed by atoms with Crippen LogP contribution in [-0.4, -0.2) is 41.8 Å². The number of thiophene rings is 1. The van der Waals surface area contributed by atoms with E-state index in [1.54, 1.807) is 25.5 Å². The summed E-state index contributed by atoms with van der Waals surface area (Å²) in [6, 6.07) is 9.81. The van der Waals surface area contributed by atoms with E-state index in [2.05, 4.69) is 54.6 Å². The Morgan fingerprint density at radius 3 is 2.68 bits per heavy atom. The maximum atomic E-state index is 5.17. The predicted octanol–water partition coefficient (Wildman–Crippen LogP) is 3.63. The van der Waals surface area contributed by atoms with Crippen LogP contribution in [0.15, 0.2) is 46.1 Å². The molecule has 0 aliphatic heterocycles. The number of aliphatic imine (C=N–C) groups is 1. The summed E-state index contributed by atoms with van der Waals surface area (Å²) in [6.45, 7) is 3.51. The Labute approximate surface area is 186 Å². The van der Waals surface area contributed by atoms with Crippen molar-refractivity contribution in [1.82, 2.24) is 25.8 Å². The summed E-state index contributed by atoms with van der Waals surface area (Å²) in [5.41, 5.74) is 2.27. The summed E-state index contributed by atoms with van der Waals surface area (Å²) in [7, 11) is 3.40. The zero-order valence-electron chi connectivity index (χ0n) is 16.1. The maximum absolute atomic E-state index is 5.17. The van der Waals surface area contributed by atoms with E-state index < -0.39 is 0 Å². The van der Waals surface area contributed by atoms with Crippen molar-refractivity contribution in [2.45, 2.75) is 19.4 Å². The summed E-state index contributed by atoms with van der Waals surface area (Å²) < 4.78 is 5.17. The van der Waals surface area contributed by atoms with Crippen molar-refractivity contribution < 1.29 is 4.74 Å². The van der Waals surface area contributed by atoms with Gasteiger partial charge >= 0.3 is 0 Å². The molecule has 3 aromatic rings. The molecule has 0 radical (unpaired) electrons. The van der Waals surface area contributed by atoms with E-state index in [9.17, 15) is 0 Å². The van der Waals surface area contributed by atoms with Crippen molar-refractivity contribution in [3.05, 3.63) is 52.5 Å². The summed E-state index contributed by atoms with van der Waals surface area (Å²) in [5, 5.41) is 18.1. The van der Waals surface area contributed by atoms with Gasteiger partial charge in [-0.1, -0.05) is 6.92 Å². The lowest BCUT2D eigenvalue weighted by atomic mass is 10.1. The van der Waals surface area contributed by atoms with Gasteiger partial charge in [0.05, 0.1) is 13.7 Å². The zero-order chi connectivity index (χ0) is 19.1. The Bertz CT molecular complexity index is 863. The molecule has 3 N–H and O–H groups in total. The molecule has 2 heterocycles. The normalized spacial score (nSPS) is 12.2. The first kappa shape index (κ1) is 22.2. The van der Waals surface area contributed by atoms with Gasteiger partial charge in [-0.25, -0.2) is 4.98 Å². The number of rotatable bonds is 7. The van der Waals surface area contributed by atoms with Crippen LogP contribution >= 0.6 is 35.3 Å². The number of aromatic nitrogens is 3. The average molecular weight is 512 g/mol. The zero-order valence-corrected chi connectivity index (χ0v) is 19.2. The molecule has 150 valence electrons. The fraction of sp³-hybridized carbons (Fsp3) is 0.316. The molecule has 0 fully saturated rings. The summed E-state index contributed by atoms with van der Waals surface area (Å²) in [4.78, 5) is 8.79. The molecule has 0 saturated carbocycles. The Morgan fingerprint density at radius 1 is 1.25 bits per heavy atom. The van der Waals surface area contributed by atoms with Crippen LogP contribution in [-0.2, 0) is 6.54 Å². The van der Waals surface area contributed by atoms with E-state index in [0.29, 0.717) is 18.3 Å². The molecule has 0 aliphatic carbocycles. The van der Waals surface area contributed by atoms with Crippen molar-refractivity contribution in [3.63, 3.8) is 0 Å². The highest BCUT2D eigenvalue weighted by atomic mass is 127. The summed E-state index contributed by atoms with van der Waals surface area (Å²) >= 11 is 1.72. The van der Waals surface area contributed by atoms with Crippen LogP contribution < -0.4 is 15.4 Å². The molecule has 2 aromatic heterocycles. The molecule has 0 saturated heterocycles. The number of nitrogens with one attached hydrogen (secondary N) is 3. The van der Waals surface area contributed by atoms with Gasteiger partial charge in [0, 0.05) is 19.2 Å². The van der Waals surface area contributed by atoms with Crippen molar-refractivity contribution >= 4 is 41.3 Å². The van der Waals surface area contributed by atoms with Gasteiger partial charge < -0.3 is 15.4 Å². The number of hydrogen-bond donors (Lipinski definition) is 3. The van der Waals surface area contributed by atoms with E-state index in [0.717, 1.165) is 29.6 Å².